The van der Waals surface area contributed by atoms with E-state index < -0.39 is 0 Å². The van der Waals surface area contributed by atoms with Gasteiger partial charge in [-0.1, -0.05) is 43.3 Å². The average molecular weight is 507 g/mol. The van der Waals surface area contributed by atoms with Gasteiger partial charge in [0, 0.05) is 25.3 Å². The smallest absolute Gasteiger partial charge is 0.193 e. The highest BCUT2D eigenvalue weighted by molar-refractivity contribution is 14.0. The Labute approximate surface area is 192 Å². The molecule has 158 valence electrons. The van der Waals surface area contributed by atoms with Gasteiger partial charge in [0.1, 0.15) is 0 Å². The quantitative estimate of drug-likeness (QED) is 0.354. The minimum absolute atomic E-state index is 0. The number of anilines is 1. The Kier molecular flexibility index (Phi) is 9.90. The predicted molar refractivity (Wildman–Crippen MR) is 134 cm³/mol. The number of halogens is 1. The van der Waals surface area contributed by atoms with Crippen LogP contribution in [-0.4, -0.2) is 49.0 Å². The minimum atomic E-state index is 0. The number of nitrogens with zero attached hydrogens (tertiary/aromatic N) is 3. The van der Waals surface area contributed by atoms with Crippen molar-refractivity contribution in [2.75, 3.05) is 38.5 Å². The molecule has 0 amide bonds. The molecule has 0 atom stereocenters. The molecule has 0 aliphatic carbocycles. The third-order valence-corrected chi connectivity index (χ3v) is 5.31. The van der Waals surface area contributed by atoms with E-state index in [1.54, 1.807) is 0 Å². The zero-order chi connectivity index (χ0) is 19.8. The summed E-state index contributed by atoms with van der Waals surface area (Å²) in [5.41, 5.74) is 10.8. The maximum Gasteiger partial charge on any atom is 0.193 e. The maximum atomic E-state index is 6.03. The third-order valence-electron chi connectivity index (χ3n) is 5.31. The maximum absolute atomic E-state index is 6.03. The highest BCUT2D eigenvalue weighted by atomic mass is 127. The number of aryl methyl sites for hydroxylation is 1. The van der Waals surface area contributed by atoms with Crippen LogP contribution in [0.5, 0.6) is 0 Å². The van der Waals surface area contributed by atoms with Crippen molar-refractivity contribution in [1.29, 1.82) is 0 Å². The number of nitrogens with two attached hydrogens (primary N) is 1. The van der Waals surface area contributed by atoms with Crippen LogP contribution in [0.4, 0.5) is 5.69 Å². The van der Waals surface area contributed by atoms with Crippen LogP contribution in [0.1, 0.15) is 30.0 Å². The van der Waals surface area contributed by atoms with Crippen LogP contribution in [0, 0.1) is 0 Å². The Morgan fingerprint density at radius 3 is 2.28 bits per heavy atom. The molecule has 0 unspecified atom stereocenters. The second-order valence-electron chi connectivity index (χ2n) is 7.63. The van der Waals surface area contributed by atoms with Gasteiger partial charge in [-0.15, -0.1) is 24.0 Å². The van der Waals surface area contributed by atoms with E-state index in [0.717, 1.165) is 31.7 Å². The van der Waals surface area contributed by atoms with Crippen LogP contribution in [0.2, 0.25) is 0 Å². The van der Waals surface area contributed by atoms with E-state index in [4.69, 9.17) is 5.73 Å². The first-order valence-corrected chi connectivity index (χ1v) is 10.3. The van der Waals surface area contributed by atoms with E-state index >= 15 is 0 Å². The summed E-state index contributed by atoms with van der Waals surface area (Å²) in [6, 6.07) is 17.0. The standard InChI is InChI=1S/C23H33N5.HI/c1-3-19-9-11-22(12-10-19)26-23(24)25-17-20-5-7-21(8-6-20)18-28-14-4-13-27(2)15-16-28;/h5-12H,3-4,13-18H2,1-2H3,(H3,24,25,26);1H. The summed E-state index contributed by atoms with van der Waals surface area (Å²) in [6.45, 7) is 8.43. The number of hydrogen-bond donors (Lipinski definition) is 2. The lowest BCUT2D eigenvalue weighted by molar-refractivity contribution is 0.269. The normalized spacial score (nSPS) is 16.1. The monoisotopic (exact) mass is 507 g/mol. The second-order valence-corrected chi connectivity index (χ2v) is 7.63. The number of hydrogen-bond acceptors (Lipinski definition) is 3. The van der Waals surface area contributed by atoms with Crippen LogP contribution < -0.4 is 11.1 Å². The lowest BCUT2D eigenvalue weighted by atomic mass is 10.1. The lowest BCUT2D eigenvalue weighted by Gasteiger charge is -2.20. The van der Waals surface area contributed by atoms with Gasteiger partial charge in [-0.05, 0) is 61.8 Å². The van der Waals surface area contributed by atoms with Gasteiger partial charge >= 0.3 is 0 Å². The van der Waals surface area contributed by atoms with Gasteiger partial charge in [0.15, 0.2) is 5.96 Å². The van der Waals surface area contributed by atoms with E-state index in [9.17, 15) is 0 Å². The third kappa shape index (κ3) is 7.95. The molecule has 5 nitrogen and oxygen atoms in total. The second kappa shape index (κ2) is 12.1. The van der Waals surface area contributed by atoms with Gasteiger partial charge in [-0.2, -0.15) is 0 Å². The van der Waals surface area contributed by atoms with Crippen LogP contribution in [0.25, 0.3) is 0 Å². The molecule has 3 N–H and O–H groups in total. The predicted octanol–water partition coefficient (Wildman–Crippen LogP) is 3.93. The molecular weight excluding hydrogens is 473 g/mol. The van der Waals surface area contributed by atoms with Gasteiger partial charge in [0.2, 0.25) is 0 Å². The Morgan fingerprint density at radius 1 is 0.931 bits per heavy atom. The SMILES string of the molecule is CCc1ccc(NC(N)=NCc2ccc(CN3CCCN(C)CC3)cc2)cc1.I. The molecule has 29 heavy (non-hydrogen) atoms. The molecule has 1 saturated heterocycles. The summed E-state index contributed by atoms with van der Waals surface area (Å²) < 4.78 is 0. The molecule has 0 spiro atoms. The fraction of sp³-hybridized carbons (Fsp3) is 0.435. The van der Waals surface area contributed by atoms with Crippen molar-refractivity contribution in [3.63, 3.8) is 0 Å². The fourth-order valence-electron chi connectivity index (χ4n) is 3.45. The van der Waals surface area contributed by atoms with Crippen molar-refractivity contribution < 1.29 is 0 Å². The van der Waals surface area contributed by atoms with Gasteiger partial charge < -0.3 is 16.0 Å². The van der Waals surface area contributed by atoms with E-state index in [1.807, 2.05) is 12.1 Å². The van der Waals surface area contributed by atoms with Crippen LogP contribution in [-0.2, 0) is 19.5 Å². The molecule has 6 heteroatoms. The summed E-state index contributed by atoms with van der Waals surface area (Å²) in [4.78, 5) is 9.42. The molecule has 2 aromatic rings. The average Bonchev–Trinajstić information content (AvgIpc) is 2.92. The minimum Gasteiger partial charge on any atom is -0.370 e. The first-order chi connectivity index (χ1) is 13.6. The van der Waals surface area contributed by atoms with E-state index in [2.05, 4.69) is 70.5 Å². The van der Waals surface area contributed by atoms with E-state index in [-0.39, 0.29) is 24.0 Å². The molecule has 1 heterocycles. The van der Waals surface area contributed by atoms with Crippen LogP contribution >= 0.6 is 24.0 Å². The fourth-order valence-corrected chi connectivity index (χ4v) is 3.45. The molecule has 1 fully saturated rings. The number of rotatable bonds is 6. The number of aliphatic imine (C=N–C) groups is 1. The first kappa shape index (κ1) is 23.6. The molecular formula is C23H34IN5. The zero-order valence-corrected chi connectivity index (χ0v) is 19.9. The Hall–Kier alpha value is -1.64. The molecule has 3 rings (SSSR count). The van der Waals surface area contributed by atoms with Crippen molar-refractivity contribution in [2.45, 2.75) is 32.9 Å². The summed E-state index contributed by atoms with van der Waals surface area (Å²) in [6.07, 6.45) is 2.28. The summed E-state index contributed by atoms with van der Waals surface area (Å²) in [5, 5.41) is 3.16. The van der Waals surface area contributed by atoms with E-state index in [1.165, 1.54) is 36.2 Å². The highest BCUT2D eigenvalue weighted by Crippen LogP contribution is 2.12. The van der Waals surface area contributed by atoms with Crippen LogP contribution in [0.3, 0.4) is 0 Å². The van der Waals surface area contributed by atoms with Crippen molar-refractivity contribution >= 4 is 35.6 Å². The molecule has 0 radical (unpaired) electrons. The zero-order valence-electron chi connectivity index (χ0n) is 17.6. The molecule has 1 aliphatic heterocycles. The first-order valence-electron chi connectivity index (χ1n) is 10.3. The van der Waals surface area contributed by atoms with Crippen molar-refractivity contribution in [1.82, 2.24) is 9.80 Å². The lowest BCUT2D eigenvalue weighted by Crippen LogP contribution is -2.28. The number of benzene rings is 2. The summed E-state index contributed by atoms with van der Waals surface area (Å²) in [5.74, 6) is 0.446. The molecule has 1 aliphatic rings. The Balaban J connectivity index is 0.00000300. The number of likely N-dealkylation sites (N-methyl/N-ethyl adjacent to an activating group) is 1. The van der Waals surface area contributed by atoms with Crippen molar-refractivity contribution in [3.05, 3.63) is 65.2 Å². The number of guanidine groups is 1. The van der Waals surface area contributed by atoms with Crippen molar-refractivity contribution in [2.24, 2.45) is 10.7 Å². The largest absolute Gasteiger partial charge is 0.370 e. The molecule has 0 bridgehead atoms. The highest BCUT2D eigenvalue weighted by Gasteiger charge is 2.12. The summed E-state index contributed by atoms with van der Waals surface area (Å²) >= 11 is 0. The molecule has 0 saturated carbocycles. The topological polar surface area (TPSA) is 56.9 Å². The van der Waals surface area contributed by atoms with Crippen molar-refractivity contribution in [3.8, 4) is 0 Å². The van der Waals surface area contributed by atoms with Crippen LogP contribution in [0.15, 0.2) is 53.5 Å². The van der Waals surface area contributed by atoms with E-state index in [0.29, 0.717) is 12.5 Å². The van der Waals surface area contributed by atoms with Gasteiger partial charge in [-0.25, -0.2) is 4.99 Å². The Morgan fingerprint density at radius 2 is 1.59 bits per heavy atom. The molecule has 2 aromatic carbocycles. The Bertz CT molecular complexity index is 758. The van der Waals surface area contributed by atoms with Gasteiger partial charge in [-0.3, -0.25) is 4.90 Å². The molecule has 0 aromatic heterocycles. The van der Waals surface area contributed by atoms with Gasteiger partial charge in [0.25, 0.3) is 0 Å². The summed E-state index contributed by atoms with van der Waals surface area (Å²) in [7, 11) is 2.21. The number of nitrogens with one attached hydrogen (secondary N) is 1. The van der Waals surface area contributed by atoms with Gasteiger partial charge in [0.05, 0.1) is 6.54 Å².